The normalized spacial score (nSPS) is 10.9. The Morgan fingerprint density at radius 2 is 2.12 bits per heavy atom. The van der Waals surface area contributed by atoms with Crippen LogP contribution in [0.1, 0.15) is 5.56 Å². The summed E-state index contributed by atoms with van der Waals surface area (Å²) in [5, 5.41) is 21.1. The molecular weight excluding hydrogens is 288 g/mol. The summed E-state index contributed by atoms with van der Waals surface area (Å²) in [4.78, 5) is 0. The molecule has 1 aromatic heterocycles. The highest BCUT2D eigenvalue weighted by atomic mass is 79.9. The third kappa shape index (κ3) is 2.62. The van der Waals surface area contributed by atoms with E-state index in [1.54, 1.807) is 12.1 Å². The van der Waals surface area contributed by atoms with E-state index in [0.29, 0.717) is 11.3 Å². The predicted octanol–water partition coefficient (Wildman–Crippen LogP) is 1.64. The number of halogens is 1. The van der Waals surface area contributed by atoms with E-state index in [-0.39, 0.29) is 5.75 Å². The Morgan fingerprint density at radius 3 is 2.76 bits per heavy atom. The lowest BCUT2D eigenvalue weighted by Gasteiger charge is -2.06. The molecule has 1 aromatic carbocycles. The zero-order chi connectivity index (χ0) is 12.3. The number of aromatic nitrogens is 3. The summed E-state index contributed by atoms with van der Waals surface area (Å²) in [6.45, 7) is 0. The van der Waals surface area contributed by atoms with Crippen LogP contribution in [0.4, 0.5) is 0 Å². The minimum absolute atomic E-state index is 0.0347. The fourth-order valence-corrected chi connectivity index (χ4v) is 1.69. The van der Waals surface area contributed by atoms with Crippen LogP contribution in [0.15, 0.2) is 34.4 Å². The van der Waals surface area contributed by atoms with E-state index in [9.17, 15) is 5.11 Å². The van der Waals surface area contributed by atoms with Crippen LogP contribution in [0.25, 0.3) is 0 Å². The first kappa shape index (κ1) is 11.6. The molecule has 0 aliphatic heterocycles. The summed E-state index contributed by atoms with van der Waals surface area (Å²) in [6.07, 6.45) is 4.39. The van der Waals surface area contributed by atoms with Crippen LogP contribution >= 0.6 is 15.9 Å². The van der Waals surface area contributed by atoms with E-state index in [0.717, 1.165) is 4.47 Å². The van der Waals surface area contributed by atoms with Gasteiger partial charge in [-0.15, -0.1) is 10.2 Å². The Hall–Kier alpha value is -1.89. The lowest BCUT2D eigenvalue weighted by molar-refractivity contribution is 0.373. The molecule has 1 heterocycles. The average Bonchev–Trinajstić information content (AvgIpc) is 2.82. The van der Waals surface area contributed by atoms with E-state index >= 15 is 0 Å². The van der Waals surface area contributed by atoms with Crippen molar-refractivity contribution in [1.82, 2.24) is 14.9 Å². The molecule has 17 heavy (non-hydrogen) atoms. The van der Waals surface area contributed by atoms with Crippen molar-refractivity contribution in [3.63, 3.8) is 0 Å². The van der Waals surface area contributed by atoms with Crippen LogP contribution in [0.2, 0.25) is 0 Å². The number of aromatic hydroxyl groups is 1. The molecule has 0 aliphatic rings. The SMILES string of the molecule is COc1cc(Br)cc(/C=N\n2cnnc2)c1O. The number of rotatable bonds is 3. The molecule has 0 radical (unpaired) electrons. The Labute approximate surface area is 106 Å². The molecule has 2 rings (SSSR count). The standard InChI is InChI=1S/C10H9BrN4O2/c1-17-9-3-8(11)2-7(10(9)16)4-14-15-5-12-13-6-15/h2-6,16H,1H3/b14-4-. The first-order valence-corrected chi connectivity index (χ1v) is 5.45. The third-order valence-electron chi connectivity index (χ3n) is 2.03. The molecule has 0 amide bonds. The number of benzene rings is 1. The molecule has 6 nitrogen and oxygen atoms in total. The van der Waals surface area contributed by atoms with Gasteiger partial charge in [-0.05, 0) is 12.1 Å². The van der Waals surface area contributed by atoms with Gasteiger partial charge in [0.2, 0.25) is 0 Å². The van der Waals surface area contributed by atoms with Gasteiger partial charge in [-0.3, -0.25) is 0 Å². The molecule has 0 bridgehead atoms. The first-order valence-electron chi connectivity index (χ1n) is 4.66. The minimum atomic E-state index is 0.0347. The van der Waals surface area contributed by atoms with E-state index in [1.165, 1.54) is 30.7 Å². The highest BCUT2D eigenvalue weighted by Crippen LogP contribution is 2.32. The smallest absolute Gasteiger partial charge is 0.166 e. The van der Waals surface area contributed by atoms with E-state index < -0.39 is 0 Å². The van der Waals surface area contributed by atoms with Gasteiger partial charge in [-0.1, -0.05) is 15.9 Å². The molecule has 0 saturated heterocycles. The van der Waals surface area contributed by atoms with Gasteiger partial charge in [0.05, 0.1) is 13.3 Å². The van der Waals surface area contributed by atoms with Gasteiger partial charge in [-0.25, -0.2) is 4.68 Å². The second kappa shape index (κ2) is 4.96. The molecule has 0 aliphatic carbocycles. The number of hydrogen-bond donors (Lipinski definition) is 1. The Balaban J connectivity index is 2.35. The Kier molecular flexibility index (Phi) is 3.38. The van der Waals surface area contributed by atoms with E-state index in [1.807, 2.05) is 0 Å². The van der Waals surface area contributed by atoms with Crippen LogP contribution in [-0.2, 0) is 0 Å². The highest BCUT2D eigenvalue weighted by molar-refractivity contribution is 9.10. The van der Waals surface area contributed by atoms with Crippen molar-refractivity contribution in [3.05, 3.63) is 34.8 Å². The molecule has 88 valence electrons. The largest absolute Gasteiger partial charge is 0.504 e. The summed E-state index contributed by atoms with van der Waals surface area (Å²) in [6, 6.07) is 3.40. The van der Waals surface area contributed by atoms with E-state index in [4.69, 9.17) is 4.74 Å². The lowest BCUT2D eigenvalue weighted by Crippen LogP contribution is -1.91. The summed E-state index contributed by atoms with van der Waals surface area (Å²) in [5.41, 5.74) is 0.532. The maximum Gasteiger partial charge on any atom is 0.166 e. The molecule has 0 fully saturated rings. The number of nitrogens with zero attached hydrogens (tertiary/aromatic N) is 4. The lowest BCUT2D eigenvalue weighted by atomic mass is 10.2. The second-order valence-electron chi connectivity index (χ2n) is 3.13. The molecule has 0 spiro atoms. The maximum atomic E-state index is 9.86. The number of ether oxygens (including phenoxy) is 1. The topological polar surface area (TPSA) is 72.5 Å². The van der Waals surface area contributed by atoms with Gasteiger partial charge in [0.25, 0.3) is 0 Å². The van der Waals surface area contributed by atoms with Crippen molar-refractivity contribution < 1.29 is 9.84 Å². The predicted molar refractivity (Wildman–Crippen MR) is 65.4 cm³/mol. The van der Waals surface area contributed by atoms with Gasteiger partial charge in [0.15, 0.2) is 11.5 Å². The monoisotopic (exact) mass is 296 g/mol. The Bertz CT molecular complexity index is 539. The summed E-state index contributed by atoms with van der Waals surface area (Å²) < 4.78 is 7.24. The van der Waals surface area contributed by atoms with Crippen LogP contribution in [-0.4, -0.2) is 33.3 Å². The van der Waals surface area contributed by atoms with Gasteiger partial charge in [0.1, 0.15) is 12.7 Å². The summed E-state index contributed by atoms with van der Waals surface area (Å²) in [7, 11) is 1.49. The Morgan fingerprint density at radius 1 is 1.41 bits per heavy atom. The van der Waals surface area contributed by atoms with Crippen molar-refractivity contribution in [2.45, 2.75) is 0 Å². The zero-order valence-electron chi connectivity index (χ0n) is 8.91. The summed E-state index contributed by atoms with van der Waals surface area (Å²) in [5.74, 6) is 0.414. The van der Waals surface area contributed by atoms with Gasteiger partial charge in [-0.2, -0.15) is 5.10 Å². The number of methoxy groups -OCH3 is 1. The highest BCUT2D eigenvalue weighted by Gasteiger charge is 2.07. The quantitative estimate of drug-likeness (QED) is 0.874. The van der Waals surface area contributed by atoms with Crippen LogP contribution in [0.5, 0.6) is 11.5 Å². The molecule has 7 heteroatoms. The fraction of sp³-hybridized carbons (Fsp3) is 0.100. The number of phenols is 1. The van der Waals surface area contributed by atoms with Gasteiger partial charge < -0.3 is 9.84 Å². The molecular formula is C10H9BrN4O2. The van der Waals surface area contributed by atoms with Crippen molar-refractivity contribution in [1.29, 1.82) is 0 Å². The fourth-order valence-electron chi connectivity index (χ4n) is 1.23. The minimum Gasteiger partial charge on any atom is -0.504 e. The number of phenolic OH excluding ortho intramolecular Hbond substituents is 1. The third-order valence-corrected chi connectivity index (χ3v) is 2.48. The van der Waals surface area contributed by atoms with Crippen LogP contribution in [0, 0.1) is 0 Å². The first-order chi connectivity index (χ1) is 8.20. The molecule has 2 aromatic rings. The van der Waals surface area contributed by atoms with Gasteiger partial charge >= 0.3 is 0 Å². The van der Waals surface area contributed by atoms with E-state index in [2.05, 4.69) is 31.2 Å². The van der Waals surface area contributed by atoms with Crippen LogP contribution in [0.3, 0.4) is 0 Å². The summed E-state index contributed by atoms with van der Waals surface area (Å²) >= 11 is 3.32. The van der Waals surface area contributed by atoms with Gasteiger partial charge in [0, 0.05) is 10.0 Å². The zero-order valence-corrected chi connectivity index (χ0v) is 10.5. The average molecular weight is 297 g/mol. The molecule has 0 saturated carbocycles. The maximum absolute atomic E-state index is 9.86. The second-order valence-corrected chi connectivity index (χ2v) is 4.05. The number of hydrogen-bond acceptors (Lipinski definition) is 5. The molecule has 0 atom stereocenters. The van der Waals surface area contributed by atoms with Crippen molar-refractivity contribution in [2.24, 2.45) is 5.10 Å². The van der Waals surface area contributed by atoms with Crippen LogP contribution < -0.4 is 4.74 Å². The van der Waals surface area contributed by atoms with Crippen molar-refractivity contribution in [2.75, 3.05) is 7.11 Å². The molecule has 1 N–H and O–H groups in total. The van der Waals surface area contributed by atoms with Crippen molar-refractivity contribution in [3.8, 4) is 11.5 Å². The molecule has 0 unspecified atom stereocenters. The van der Waals surface area contributed by atoms with Crippen molar-refractivity contribution >= 4 is 22.1 Å².